The number of ether oxygens (including phenoxy) is 1. The minimum Gasteiger partial charge on any atom is -0.497 e. The molecule has 0 aliphatic rings. The first kappa shape index (κ1) is 22.0. The molecule has 2 N–H and O–H groups in total. The van der Waals surface area contributed by atoms with Crippen molar-refractivity contribution >= 4 is 35.0 Å². The second kappa shape index (κ2) is 9.40. The lowest BCUT2D eigenvalue weighted by Crippen LogP contribution is -2.15. The molecule has 0 saturated heterocycles. The quantitative estimate of drug-likeness (QED) is 0.499. The molecular formula is C19H16ClF3N4O2S. The number of carbonyl (C=O) groups is 1. The molecule has 0 unspecified atom stereocenters. The molecule has 2 aromatic carbocycles. The zero-order chi connectivity index (χ0) is 21.7. The normalized spacial score (nSPS) is 11.4. The van der Waals surface area contributed by atoms with Gasteiger partial charge < -0.3 is 10.1 Å². The molecule has 0 aliphatic heterocycles. The number of benzene rings is 2. The van der Waals surface area contributed by atoms with Crippen LogP contribution in [0.5, 0.6) is 5.75 Å². The second-order valence-electron chi connectivity index (χ2n) is 6.12. The molecule has 0 fully saturated rings. The summed E-state index contributed by atoms with van der Waals surface area (Å²) >= 11 is 6.93. The van der Waals surface area contributed by atoms with Crippen LogP contribution in [0.1, 0.15) is 17.0 Å². The number of nitrogens with one attached hydrogen (secondary N) is 2. The van der Waals surface area contributed by atoms with Gasteiger partial charge in [-0.05, 0) is 35.9 Å². The molecule has 0 bridgehead atoms. The van der Waals surface area contributed by atoms with E-state index in [0.717, 1.165) is 41.3 Å². The van der Waals surface area contributed by atoms with Crippen molar-refractivity contribution in [3.8, 4) is 5.75 Å². The number of aromatic nitrogens is 3. The highest BCUT2D eigenvalue weighted by atomic mass is 35.5. The summed E-state index contributed by atoms with van der Waals surface area (Å²) in [5, 5.41) is 9.58. The first-order valence-electron chi connectivity index (χ1n) is 8.58. The summed E-state index contributed by atoms with van der Waals surface area (Å²) in [6.07, 6.45) is -4.01. The number of methoxy groups -OCH3 is 1. The molecule has 30 heavy (non-hydrogen) atoms. The molecule has 6 nitrogen and oxygen atoms in total. The molecule has 3 aromatic rings. The van der Waals surface area contributed by atoms with Crippen LogP contribution in [0, 0.1) is 0 Å². The Hall–Kier alpha value is -2.72. The fourth-order valence-corrected chi connectivity index (χ4v) is 3.25. The molecule has 3 rings (SSSR count). The molecule has 1 heterocycles. The van der Waals surface area contributed by atoms with Gasteiger partial charge in [0.05, 0.1) is 29.1 Å². The number of amides is 1. The number of H-pyrrole nitrogens is 1. The maximum Gasteiger partial charge on any atom is 0.416 e. The number of aromatic amines is 1. The summed E-state index contributed by atoms with van der Waals surface area (Å²) in [5.74, 6) is 0.748. The lowest BCUT2D eigenvalue weighted by atomic mass is 10.1. The first-order chi connectivity index (χ1) is 14.2. The van der Waals surface area contributed by atoms with Gasteiger partial charge in [0, 0.05) is 6.42 Å². The Bertz CT molecular complexity index is 1030. The average molecular weight is 457 g/mol. The van der Waals surface area contributed by atoms with E-state index in [9.17, 15) is 18.0 Å². The number of carbonyl (C=O) groups excluding carboxylic acids is 1. The Kier molecular flexibility index (Phi) is 6.88. The van der Waals surface area contributed by atoms with Crippen molar-refractivity contribution in [1.82, 2.24) is 15.2 Å². The minimum absolute atomic E-state index is 0.0148. The van der Waals surface area contributed by atoms with Crippen molar-refractivity contribution < 1.29 is 22.7 Å². The Morgan fingerprint density at radius 2 is 1.97 bits per heavy atom. The highest BCUT2D eigenvalue weighted by Gasteiger charge is 2.31. The van der Waals surface area contributed by atoms with Crippen LogP contribution in [0.4, 0.5) is 18.9 Å². The van der Waals surface area contributed by atoms with E-state index in [0.29, 0.717) is 17.4 Å². The monoisotopic (exact) mass is 456 g/mol. The summed E-state index contributed by atoms with van der Waals surface area (Å²) in [7, 11) is 1.59. The topological polar surface area (TPSA) is 79.9 Å². The van der Waals surface area contributed by atoms with Gasteiger partial charge in [-0.25, -0.2) is 4.98 Å². The largest absolute Gasteiger partial charge is 0.497 e. The average Bonchev–Trinajstić information content (AvgIpc) is 3.15. The Balaban J connectivity index is 1.55. The first-order valence-corrected chi connectivity index (χ1v) is 9.94. The van der Waals surface area contributed by atoms with Crippen LogP contribution >= 0.6 is 23.4 Å². The van der Waals surface area contributed by atoms with Crippen LogP contribution in [-0.4, -0.2) is 34.0 Å². The minimum atomic E-state index is -4.53. The summed E-state index contributed by atoms with van der Waals surface area (Å²) in [6.45, 7) is 0. The maximum atomic E-state index is 12.8. The molecule has 0 aliphatic carbocycles. The number of alkyl halides is 3. The van der Waals surface area contributed by atoms with Crippen molar-refractivity contribution in [1.29, 1.82) is 0 Å². The predicted molar refractivity (Wildman–Crippen MR) is 108 cm³/mol. The molecule has 158 valence electrons. The third-order valence-corrected chi connectivity index (χ3v) is 5.12. The van der Waals surface area contributed by atoms with Crippen LogP contribution in [0.2, 0.25) is 5.02 Å². The smallest absolute Gasteiger partial charge is 0.416 e. The SMILES string of the molecule is COc1ccc(Cc2nc(SCC(=O)Nc3cc(C(F)(F)F)ccc3Cl)n[nH]2)cc1. The summed E-state index contributed by atoms with van der Waals surface area (Å²) < 4.78 is 43.6. The van der Waals surface area contributed by atoms with Gasteiger partial charge in [0.15, 0.2) is 0 Å². The molecular weight excluding hydrogens is 441 g/mol. The van der Waals surface area contributed by atoms with Gasteiger partial charge in [0.1, 0.15) is 11.6 Å². The number of anilines is 1. The fraction of sp³-hybridized carbons (Fsp3) is 0.211. The van der Waals surface area contributed by atoms with Crippen LogP contribution < -0.4 is 10.1 Å². The Labute approximate surface area is 179 Å². The lowest BCUT2D eigenvalue weighted by Gasteiger charge is -2.11. The van der Waals surface area contributed by atoms with E-state index >= 15 is 0 Å². The van der Waals surface area contributed by atoms with E-state index in [2.05, 4.69) is 20.5 Å². The molecule has 1 aromatic heterocycles. The molecule has 1 amide bonds. The van der Waals surface area contributed by atoms with Gasteiger partial charge in [-0.2, -0.15) is 13.2 Å². The number of thioether (sulfide) groups is 1. The number of halogens is 4. The van der Waals surface area contributed by atoms with E-state index in [-0.39, 0.29) is 16.5 Å². The van der Waals surface area contributed by atoms with Gasteiger partial charge >= 0.3 is 6.18 Å². The van der Waals surface area contributed by atoms with Gasteiger partial charge in [0.25, 0.3) is 0 Å². The zero-order valence-electron chi connectivity index (χ0n) is 15.6. The molecule has 0 radical (unpaired) electrons. The van der Waals surface area contributed by atoms with Crippen LogP contribution in [0.25, 0.3) is 0 Å². The molecule has 0 spiro atoms. The summed E-state index contributed by atoms with van der Waals surface area (Å²) in [6, 6.07) is 10.2. The summed E-state index contributed by atoms with van der Waals surface area (Å²) in [4.78, 5) is 16.4. The third-order valence-electron chi connectivity index (χ3n) is 3.94. The van der Waals surface area contributed by atoms with Crippen molar-refractivity contribution in [2.75, 3.05) is 18.2 Å². The third kappa shape index (κ3) is 5.90. The van der Waals surface area contributed by atoms with E-state index in [1.54, 1.807) is 7.11 Å². The zero-order valence-corrected chi connectivity index (χ0v) is 17.2. The number of rotatable bonds is 7. The number of nitrogens with zero attached hydrogens (tertiary/aromatic N) is 2. The van der Waals surface area contributed by atoms with Crippen LogP contribution in [-0.2, 0) is 17.4 Å². The highest BCUT2D eigenvalue weighted by Crippen LogP contribution is 2.33. The van der Waals surface area contributed by atoms with Gasteiger partial charge in [-0.15, -0.1) is 5.10 Å². The van der Waals surface area contributed by atoms with E-state index < -0.39 is 17.6 Å². The lowest BCUT2D eigenvalue weighted by molar-refractivity contribution is -0.137. The standard InChI is InChI=1S/C19H16ClF3N4O2S/c1-29-13-5-2-11(3-6-13)8-16-25-18(27-26-16)30-10-17(28)24-15-9-12(19(21,22)23)4-7-14(15)20/h2-7,9H,8,10H2,1H3,(H,24,28)(H,25,26,27). The van der Waals surface area contributed by atoms with Crippen molar-refractivity contribution in [2.45, 2.75) is 17.8 Å². The van der Waals surface area contributed by atoms with Crippen LogP contribution in [0.3, 0.4) is 0 Å². The van der Waals surface area contributed by atoms with E-state index in [4.69, 9.17) is 16.3 Å². The van der Waals surface area contributed by atoms with Crippen molar-refractivity contribution in [3.63, 3.8) is 0 Å². The summed E-state index contributed by atoms with van der Waals surface area (Å²) in [5.41, 5.74) is -0.000278. The van der Waals surface area contributed by atoms with Crippen molar-refractivity contribution in [3.05, 3.63) is 64.4 Å². The Morgan fingerprint density at radius 1 is 1.23 bits per heavy atom. The Morgan fingerprint density at radius 3 is 2.63 bits per heavy atom. The van der Waals surface area contributed by atoms with Gasteiger partial charge in [-0.3, -0.25) is 9.89 Å². The van der Waals surface area contributed by atoms with Gasteiger partial charge in [0.2, 0.25) is 11.1 Å². The van der Waals surface area contributed by atoms with E-state index in [1.165, 1.54) is 0 Å². The van der Waals surface area contributed by atoms with Gasteiger partial charge in [-0.1, -0.05) is 35.5 Å². The van der Waals surface area contributed by atoms with E-state index in [1.807, 2.05) is 24.3 Å². The predicted octanol–water partition coefficient (Wildman–Crippen LogP) is 4.81. The number of hydrogen-bond acceptors (Lipinski definition) is 5. The number of hydrogen-bond donors (Lipinski definition) is 2. The molecule has 0 saturated carbocycles. The molecule has 0 atom stereocenters. The van der Waals surface area contributed by atoms with Crippen LogP contribution in [0.15, 0.2) is 47.6 Å². The molecule has 11 heteroatoms. The second-order valence-corrected chi connectivity index (χ2v) is 7.47. The van der Waals surface area contributed by atoms with Crippen molar-refractivity contribution in [2.24, 2.45) is 0 Å². The fourth-order valence-electron chi connectivity index (χ4n) is 2.47. The highest BCUT2D eigenvalue weighted by molar-refractivity contribution is 7.99. The maximum absolute atomic E-state index is 12.8.